The second-order valence-electron chi connectivity index (χ2n) is 8.60. The summed E-state index contributed by atoms with van der Waals surface area (Å²) in [6.45, 7) is 1.19. The van der Waals surface area contributed by atoms with E-state index in [0.717, 1.165) is 42.0 Å². The van der Waals surface area contributed by atoms with Crippen LogP contribution in [-0.2, 0) is 15.6 Å². The number of benzene rings is 2. The highest BCUT2D eigenvalue weighted by atomic mass is 32.2. The van der Waals surface area contributed by atoms with Crippen molar-refractivity contribution < 1.29 is 17.5 Å². The molecule has 0 unspecified atom stereocenters. The fraction of sp³-hybridized carbons (Fsp3) is 0.375. The zero-order chi connectivity index (χ0) is 23.7. The molecular formula is C24H23FN4O3S2. The van der Waals surface area contributed by atoms with E-state index < -0.39 is 9.84 Å². The zero-order valence-electron chi connectivity index (χ0n) is 18.3. The largest absolute Gasteiger partial charge is 0.493 e. The average molecular weight is 499 g/mol. The molecule has 10 heteroatoms. The maximum absolute atomic E-state index is 13.6. The molecule has 2 aromatic carbocycles. The standard InChI is InChI=1S/C24H23FN4O3S2/c25-18-3-1-17(2-4-18)22-11-16(13-26)7-9-29(22)21-8-10-32-23-12-19(5-6-20(21)23)34(30,31)14-24-27-15-28-33-24/h1-6,12,15-16,21-22H,7-11,14H2/t16-,21-,22+/m0/s1. The summed E-state index contributed by atoms with van der Waals surface area (Å²) in [5, 5.41) is 9.98. The van der Waals surface area contributed by atoms with Crippen LogP contribution in [0.4, 0.5) is 4.39 Å². The number of piperidine rings is 1. The molecule has 1 aromatic heterocycles. The number of rotatable bonds is 5. The summed E-state index contributed by atoms with van der Waals surface area (Å²) < 4.78 is 49.2. The number of ether oxygens (including phenoxy) is 1. The molecule has 2 aliphatic rings. The number of hydrogen-bond acceptors (Lipinski definition) is 8. The molecule has 0 amide bonds. The van der Waals surface area contributed by atoms with Gasteiger partial charge in [-0.3, -0.25) is 4.90 Å². The highest BCUT2D eigenvalue weighted by molar-refractivity contribution is 7.90. The summed E-state index contributed by atoms with van der Waals surface area (Å²) >= 11 is 1.07. The van der Waals surface area contributed by atoms with Crippen LogP contribution in [-0.4, -0.2) is 35.8 Å². The lowest BCUT2D eigenvalue weighted by molar-refractivity contribution is 0.0550. The highest BCUT2D eigenvalue weighted by Crippen LogP contribution is 2.45. The number of nitriles is 1. The first kappa shape index (κ1) is 22.9. The van der Waals surface area contributed by atoms with Crippen LogP contribution >= 0.6 is 11.5 Å². The predicted octanol–water partition coefficient (Wildman–Crippen LogP) is 4.45. The molecule has 176 valence electrons. The van der Waals surface area contributed by atoms with Crippen molar-refractivity contribution in [3.63, 3.8) is 0 Å². The van der Waals surface area contributed by atoms with Crippen LogP contribution in [0.1, 0.15) is 47.5 Å². The van der Waals surface area contributed by atoms with E-state index in [1.54, 1.807) is 24.3 Å². The van der Waals surface area contributed by atoms with Crippen LogP contribution in [0.3, 0.4) is 0 Å². The van der Waals surface area contributed by atoms with E-state index in [0.29, 0.717) is 23.8 Å². The summed E-state index contributed by atoms with van der Waals surface area (Å²) in [5.74, 6) is 0.0174. The molecule has 3 heterocycles. The number of likely N-dealkylation sites (tertiary alicyclic amines) is 1. The van der Waals surface area contributed by atoms with Gasteiger partial charge in [-0.1, -0.05) is 18.2 Å². The van der Waals surface area contributed by atoms with Gasteiger partial charge in [-0.25, -0.2) is 17.8 Å². The molecule has 5 rings (SSSR count). The van der Waals surface area contributed by atoms with Gasteiger partial charge in [-0.2, -0.15) is 9.64 Å². The first-order chi connectivity index (χ1) is 16.4. The van der Waals surface area contributed by atoms with Crippen molar-refractivity contribution >= 4 is 21.4 Å². The third-order valence-electron chi connectivity index (χ3n) is 6.55. The van der Waals surface area contributed by atoms with Gasteiger partial charge in [-0.05, 0) is 54.2 Å². The molecule has 3 aromatic rings. The van der Waals surface area contributed by atoms with Gasteiger partial charge >= 0.3 is 0 Å². The summed E-state index contributed by atoms with van der Waals surface area (Å²) in [5.41, 5.74) is 1.91. The van der Waals surface area contributed by atoms with Crippen LogP contribution in [0, 0.1) is 23.1 Å². The average Bonchev–Trinajstić information content (AvgIpc) is 3.36. The van der Waals surface area contributed by atoms with Crippen molar-refractivity contribution in [1.29, 1.82) is 5.26 Å². The second-order valence-corrected chi connectivity index (χ2v) is 11.5. The number of fused-ring (bicyclic) bond motifs is 1. The van der Waals surface area contributed by atoms with E-state index >= 15 is 0 Å². The van der Waals surface area contributed by atoms with Gasteiger partial charge in [0.05, 0.1) is 17.6 Å². The van der Waals surface area contributed by atoms with E-state index in [2.05, 4.69) is 20.3 Å². The van der Waals surface area contributed by atoms with Crippen molar-refractivity contribution in [2.45, 2.75) is 42.0 Å². The van der Waals surface area contributed by atoms with Crippen LogP contribution < -0.4 is 4.74 Å². The summed E-state index contributed by atoms with van der Waals surface area (Å²) in [7, 11) is -3.58. The molecule has 3 atom stereocenters. The second kappa shape index (κ2) is 9.41. The Kier molecular flexibility index (Phi) is 6.34. The Morgan fingerprint density at radius 2 is 2.00 bits per heavy atom. The molecule has 0 bridgehead atoms. The molecule has 0 aliphatic carbocycles. The first-order valence-electron chi connectivity index (χ1n) is 11.1. The third kappa shape index (κ3) is 4.56. The van der Waals surface area contributed by atoms with E-state index in [1.807, 2.05) is 6.07 Å². The maximum Gasteiger partial charge on any atom is 0.185 e. The zero-order valence-corrected chi connectivity index (χ0v) is 19.9. The Bertz CT molecular complexity index is 1310. The van der Waals surface area contributed by atoms with Crippen molar-refractivity contribution in [2.24, 2.45) is 5.92 Å². The van der Waals surface area contributed by atoms with Crippen LogP contribution in [0.25, 0.3) is 0 Å². The van der Waals surface area contributed by atoms with Gasteiger partial charge < -0.3 is 4.74 Å². The van der Waals surface area contributed by atoms with Gasteiger partial charge in [-0.15, -0.1) is 0 Å². The van der Waals surface area contributed by atoms with Crippen molar-refractivity contribution in [2.75, 3.05) is 13.2 Å². The van der Waals surface area contributed by atoms with Gasteiger partial charge in [0.1, 0.15) is 28.7 Å². The topological polar surface area (TPSA) is 96.2 Å². The summed E-state index contributed by atoms with van der Waals surface area (Å²) in [6, 6.07) is 13.9. The predicted molar refractivity (Wildman–Crippen MR) is 124 cm³/mol. The molecule has 1 fully saturated rings. The number of nitrogens with zero attached hydrogens (tertiary/aromatic N) is 4. The normalized spacial score (nSPS) is 23.0. The van der Waals surface area contributed by atoms with E-state index in [4.69, 9.17) is 4.74 Å². The molecule has 2 aliphatic heterocycles. The van der Waals surface area contributed by atoms with Gasteiger partial charge in [0, 0.05) is 36.5 Å². The molecular weight excluding hydrogens is 475 g/mol. The van der Waals surface area contributed by atoms with Crippen LogP contribution in [0.15, 0.2) is 53.7 Å². The molecule has 0 saturated carbocycles. The van der Waals surface area contributed by atoms with Gasteiger partial charge in [0.25, 0.3) is 0 Å². The fourth-order valence-corrected chi connectivity index (χ4v) is 7.00. The molecule has 1 saturated heterocycles. The summed E-state index contributed by atoms with van der Waals surface area (Å²) in [6.07, 6.45) is 3.53. The smallest absolute Gasteiger partial charge is 0.185 e. The number of sulfone groups is 1. The molecule has 0 spiro atoms. The minimum absolute atomic E-state index is 0.0124. The highest BCUT2D eigenvalue weighted by Gasteiger charge is 2.37. The van der Waals surface area contributed by atoms with E-state index in [1.165, 1.54) is 18.5 Å². The quantitative estimate of drug-likeness (QED) is 0.513. The Balaban J connectivity index is 1.46. The fourth-order valence-electron chi connectivity index (χ4n) is 4.88. The number of aromatic nitrogens is 2. The Labute approximate surface area is 201 Å². The van der Waals surface area contributed by atoms with Crippen molar-refractivity contribution in [3.05, 3.63) is 70.7 Å². The lowest BCUT2D eigenvalue weighted by atomic mass is 9.85. The molecule has 34 heavy (non-hydrogen) atoms. The minimum Gasteiger partial charge on any atom is -0.493 e. The Hall–Kier alpha value is -2.87. The van der Waals surface area contributed by atoms with Gasteiger partial charge in [0.15, 0.2) is 9.84 Å². The van der Waals surface area contributed by atoms with Gasteiger partial charge in [0.2, 0.25) is 0 Å². The SMILES string of the molecule is N#C[C@H]1CCN([C@H]2CCOc3cc(S(=O)(=O)Cc4ncns4)ccc32)[C@@H](c2ccc(F)cc2)C1. The Morgan fingerprint density at radius 3 is 2.74 bits per heavy atom. The van der Waals surface area contributed by atoms with E-state index in [9.17, 15) is 18.1 Å². The Morgan fingerprint density at radius 1 is 1.18 bits per heavy atom. The maximum atomic E-state index is 13.6. The lowest BCUT2D eigenvalue weighted by Gasteiger charge is -2.44. The number of halogens is 1. The van der Waals surface area contributed by atoms with Crippen molar-refractivity contribution in [3.8, 4) is 11.8 Å². The molecule has 0 radical (unpaired) electrons. The minimum atomic E-state index is -3.58. The first-order valence-corrected chi connectivity index (χ1v) is 13.5. The lowest BCUT2D eigenvalue weighted by Crippen LogP contribution is -2.41. The molecule has 7 nitrogen and oxygen atoms in total. The number of hydrogen-bond donors (Lipinski definition) is 0. The monoisotopic (exact) mass is 498 g/mol. The van der Waals surface area contributed by atoms with Crippen LogP contribution in [0.2, 0.25) is 0 Å². The summed E-state index contributed by atoms with van der Waals surface area (Å²) in [4.78, 5) is 6.54. The van der Waals surface area contributed by atoms with Crippen molar-refractivity contribution in [1.82, 2.24) is 14.3 Å². The third-order valence-corrected chi connectivity index (χ3v) is 9.02. The molecule has 0 N–H and O–H groups in total. The van der Waals surface area contributed by atoms with Crippen LogP contribution in [0.5, 0.6) is 5.75 Å². The van der Waals surface area contributed by atoms with E-state index in [-0.39, 0.29) is 34.5 Å².